The summed E-state index contributed by atoms with van der Waals surface area (Å²) in [4.78, 5) is 23.6. The third-order valence-corrected chi connectivity index (χ3v) is 4.57. The molecule has 0 heterocycles. The maximum atomic E-state index is 12.0. The van der Waals surface area contributed by atoms with E-state index in [0.29, 0.717) is 0 Å². The molecule has 1 N–H and O–H groups in total. The third kappa shape index (κ3) is 7.13. The number of carbonyl (C=O) groups excluding carboxylic acids is 2. The van der Waals surface area contributed by atoms with E-state index in [-0.39, 0.29) is 25.1 Å². The molecular formula is C15H25NO6S. The number of rotatable bonds is 9. The first kappa shape index (κ1) is 19.6. The standard InChI is InChI=1S/C15H25NO6S/c1-4-15(7-5-6-8-15)22-14(18)12(2)11-13(17)21-10-9-16-23(3,19)20/h16H,2,4-11H2,1,3H3. The van der Waals surface area contributed by atoms with Crippen molar-refractivity contribution in [3.05, 3.63) is 12.2 Å². The molecule has 8 heteroatoms. The molecule has 1 saturated carbocycles. The van der Waals surface area contributed by atoms with E-state index >= 15 is 0 Å². The quantitative estimate of drug-likeness (QED) is 0.383. The monoisotopic (exact) mass is 347 g/mol. The first-order chi connectivity index (χ1) is 10.7. The number of hydrogen-bond acceptors (Lipinski definition) is 6. The van der Waals surface area contributed by atoms with Crippen molar-refractivity contribution in [2.24, 2.45) is 0 Å². The van der Waals surface area contributed by atoms with Crippen LogP contribution in [0, 0.1) is 0 Å². The van der Waals surface area contributed by atoms with Gasteiger partial charge in [0.15, 0.2) is 0 Å². The van der Waals surface area contributed by atoms with E-state index in [1.165, 1.54) is 0 Å². The fraction of sp³-hybridized carbons (Fsp3) is 0.733. The third-order valence-electron chi connectivity index (χ3n) is 3.84. The second kappa shape index (κ2) is 8.44. The second-order valence-electron chi connectivity index (χ2n) is 5.80. The van der Waals surface area contributed by atoms with Crippen LogP contribution >= 0.6 is 0 Å². The van der Waals surface area contributed by atoms with Gasteiger partial charge >= 0.3 is 11.9 Å². The molecule has 0 aliphatic heterocycles. The van der Waals surface area contributed by atoms with Crippen molar-refractivity contribution in [3.63, 3.8) is 0 Å². The molecule has 0 spiro atoms. The van der Waals surface area contributed by atoms with Crippen LogP contribution in [-0.4, -0.2) is 45.4 Å². The highest BCUT2D eigenvalue weighted by Gasteiger charge is 2.36. The topological polar surface area (TPSA) is 98.8 Å². The normalized spacial score (nSPS) is 16.8. The molecule has 0 unspecified atom stereocenters. The zero-order valence-electron chi connectivity index (χ0n) is 13.7. The van der Waals surface area contributed by atoms with Crippen LogP contribution < -0.4 is 4.72 Å². The first-order valence-corrected chi connectivity index (χ1v) is 9.58. The van der Waals surface area contributed by atoms with Gasteiger partial charge in [-0.05, 0) is 32.1 Å². The van der Waals surface area contributed by atoms with E-state index in [1.807, 2.05) is 6.92 Å². The Morgan fingerprint density at radius 2 is 1.87 bits per heavy atom. The highest BCUT2D eigenvalue weighted by molar-refractivity contribution is 7.88. The number of nitrogens with one attached hydrogen (secondary N) is 1. The average molecular weight is 347 g/mol. The fourth-order valence-corrected chi connectivity index (χ4v) is 2.96. The van der Waals surface area contributed by atoms with Gasteiger partial charge in [-0.15, -0.1) is 0 Å². The Morgan fingerprint density at radius 1 is 1.26 bits per heavy atom. The smallest absolute Gasteiger partial charge is 0.334 e. The molecule has 0 bridgehead atoms. The zero-order valence-corrected chi connectivity index (χ0v) is 14.5. The summed E-state index contributed by atoms with van der Waals surface area (Å²) in [5, 5.41) is 0. The summed E-state index contributed by atoms with van der Waals surface area (Å²) in [6.45, 7) is 5.44. The van der Waals surface area contributed by atoms with Crippen LogP contribution in [0.15, 0.2) is 12.2 Å². The predicted octanol–water partition coefficient (Wildman–Crippen LogP) is 1.29. The molecule has 7 nitrogen and oxygen atoms in total. The second-order valence-corrected chi connectivity index (χ2v) is 7.63. The molecule has 132 valence electrons. The van der Waals surface area contributed by atoms with Gasteiger partial charge in [0.1, 0.15) is 12.2 Å². The van der Waals surface area contributed by atoms with Crippen LogP contribution in [0.4, 0.5) is 0 Å². The van der Waals surface area contributed by atoms with Gasteiger partial charge in [0, 0.05) is 12.1 Å². The van der Waals surface area contributed by atoms with Crippen molar-refractivity contribution in [2.45, 2.75) is 51.0 Å². The Labute approximate surface area is 137 Å². The van der Waals surface area contributed by atoms with Crippen molar-refractivity contribution in [1.29, 1.82) is 0 Å². The van der Waals surface area contributed by atoms with Gasteiger partial charge < -0.3 is 9.47 Å². The molecule has 0 saturated heterocycles. The largest absolute Gasteiger partial charge is 0.464 e. The number of esters is 2. The highest BCUT2D eigenvalue weighted by atomic mass is 32.2. The zero-order chi connectivity index (χ0) is 17.5. The Morgan fingerprint density at radius 3 is 2.39 bits per heavy atom. The van der Waals surface area contributed by atoms with E-state index in [0.717, 1.165) is 38.4 Å². The number of carbonyl (C=O) groups is 2. The van der Waals surface area contributed by atoms with Crippen molar-refractivity contribution in [3.8, 4) is 0 Å². The lowest BCUT2D eigenvalue weighted by Gasteiger charge is -2.27. The summed E-state index contributed by atoms with van der Waals surface area (Å²) in [6.07, 6.45) is 5.23. The highest BCUT2D eigenvalue weighted by Crippen LogP contribution is 2.36. The molecule has 0 amide bonds. The van der Waals surface area contributed by atoms with Gasteiger partial charge in [0.25, 0.3) is 0 Å². The van der Waals surface area contributed by atoms with Crippen LogP contribution in [0.3, 0.4) is 0 Å². The summed E-state index contributed by atoms with van der Waals surface area (Å²) in [5.74, 6) is -1.21. The minimum Gasteiger partial charge on any atom is -0.464 e. The van der Waals surface area contributed by atoms with Crippen LogP contribution in [0.2, 0.25) is 0 Å². The Bertz CT molecular complexity index is 548. The maximum absolute atomic E-state index is 12.0. The summed E-state index contributed by atoms with van der Waals surface area (Å²) >= 11 is 0. The van der Waals surface area contributed by atoms with Gasteiger partial charge in [0.2, 0.25) is 10.0 Å². The van der Waals surface area contributed by atoms with Crippen molar-refractivity contribution in [1.82, 2.24) is 4.72 Å². The lowest BCUT2D eigenvalue weighted by atomic mass is 9.98. The van der Waals surface area contributed by atoms with Crippen molar-refractivity contribution in [2.75, 3.05) is 19.4 Å². The molecule has 1 fully saturated rings. The molecule has 0 radical (unpaired) electrons. The minimum atomic E-state index is -3.31. The first-order valence-electron chi connectivity index (χ1n) is 7.69. The lowest BCUT2D eigenvalue weighted by molar-refractivity contribution is -0.156. The molecule has 1 aliphatic rings. The number of sulfonamides is 1. The van der Waals surface area contributed by atoms with Gasteiger partial charge in [0.05, 0.1) is 12.7 Å². The molecule has 0 aromatic carbocycles. The molecule has 0 aromatic heterocycles. The molecule has 23 heavy (non-hydrogen) atoms. The number of ether oxygens (including phenoxy) is 2. The van der Waals surface area contributed by atoms with Crippen molar-refractivity contribution >= 4 is 22.0 Å². The molecule has 0 atom stereocenters. The molecular weight excluding hydrogens is 322 g/mol. The summed E-state index contributed by atoms with van der Waals surface area (Å²) in [7, 11) is -3.31. The molecule has 1 rings (SSSR count). The molecule has 1 aliphatic carbocycles. The Hall–Kier alpha value is -1.41. The van der Waals surface area contributed by atoms with E-state index in [4.69, 9.17) is 9.47 Å². The molecule has 0 aromatic rings. The van der Waals surface area contributed by atoms with Gasteiger partial charge in [-0.3, -0.25) is 4.79 Å². The van der Waals surface area contributed by atoms with Crippen molar-refractivity contribution < 1.29 is 27.5 Å². The van der Waals surface area contributed by atoms with Gasteiger partial charge in [-0.1, -0.05) is 13.5 Å². The lowest BCUT2D eigenvalue weighted by Crippen LogP contribution is -2.32. The van der Waals surface area contributed by atoms with Gasteiger partial charge in [-0.25, -0.2) is 17.9 Å². The van der Waals surface area contributed by atoms with Crippen LogP contribution in [0.5, 0.6) is 0 Å². The van der Waals surface area contributed by atoms with E-state index in [2.05, 4.69) is 11.3 Å². The Balaban J connectivity index is 2.34. The van der Waals surface area contributed by atoms with Crippen LogP contribution in [0.25, 0.3) is 0 Å². The summed E-state index contributed by atoms with van der Waals surface area (Å²) < 4.78 is 34.3. The number of hydrogen-bond donors (Lipinski definition) is 1. The van der Waals surface area contributed by atoms with Gasteiger partial charge in [-0.2, -0.15) is 0 Å². The predicted molar refractivity (Wildman–Crippen MR) is 85.1 cm³/mol. The van der Waals surface area contributed by atoms with Crippen LogP contribution in [-0.2, 0) is 29.1 Å². The van der Waals surface area contributed by atoms with E-state index in [1.54, 1.807) is 0 Å². The van der Waals surface area contributed by atoms with E-state index in [9.17, 15) is 18.0 Å². The minimum absolute atomic E-state index is 0.0135. The summed E-state index contributed by atoms with van der Waals surface area (Å²) in [5.41, 5.74) is -0.380. The average Bonchev–Trinajstić information content (AvgIpc) is 2.91. The maximum Gasteiger partial charge on any atom is 0.334 e. The Kier molecular flexibility index (Phi) is 7.21. The fourth-order valence-electron chi connectivity index (χ4n) is 2.51. The van der Waals surface area contributed by atoms with E-state index < -0.39 is 27.6 Å². The van der Waals surface area contributed by atoms with Crippen LogP contribution in [0.1, 0.15) is 45.4 Å². The SMILES string of the molecule is C=C(CC(=O)OCCNS(C)(=O)=O)C(=O)OC1(CC)CCCC1. The summed E-state index contributed by atoms with van der Waals surface area (Å²) in [6, 6.07) is 0.